The molecule has 0 bridgehead atoms. The molecule has 0 amide bonds. The molecule has 0 spiro atoms. The summed E-state index contributed by atoms with van der Waals surface area (Å²) in [6.45, 7) is 2.26. The Labute approximate surface area is 54.0 Å². The van der Waals surface area contributed by atoms with E-state index in [1.807, 2.05) is 0 Å². The third kappa shape index (κ3) is 1.74. The SMILES string of the molecule is NN1CCNC(C=O)C1. The fourth-order valence-electron chi connectivity index (χ4n) is 0.893. The predicted molar refractivity (Wildman–Crippen MR) is 33.6 cm³/mol. The summed E-state index contributed by atoms with van der Waals surface area (Å²) in [5.41, 5.74) is 0. The zero-order valence-electron chi connectivity index (χ0n) is 5.21. The number of aldehydes is 1. The molecule has 0 radical (unpaired) electrons. The summed E-state index contributed by atoms with van der Waals surface area (Å²) in [4.78, 5) is 10.2. The topological polar surface area (TPSA) is 58.4 Å². The van der Waals surface area contributed by atoms with Crippen molar-refractivity contribution in [2.45, 2.75) is 6.04 Å². The third-order valence-corrected chi connectivity index (χ3v) is 1.40. The Morgan fingerprint density at radius 2 is 2.56 bits per heavy atom. The van der Waals surface area contributed by atoms with Crippen LogP contribution in [0, 0.1) is 0 Å². The predicted octanol–water partition coefficient (Wildman–Crippen LogP) is -1.67. The van der Waals surface area contributed by atoms with Gasteiger partial charge in [-0.05, 0) is 0 Å². The second kappa shape index (κ2) is 2.91. The minimum absolute atomic E-state index is 0.0660. The normalized spacial score (nSPS) is 30.1. The Morgan fingerprint density at radius 3 is 3.00 bits per heavy atom. The van der Waals surface area contributed by atoms with Crippen LogP contribution in [0.1, 0.15) is 0 Å². The van der Waals surface area contributed by atoms with E-state index in [0.717, 1.165) is 19.4 Å². The molecule has 4 nitrogen and oxygen atoms in total. The molecule has 52 valence electrons. The second-order valence-electron chi connectivity index (χ2n) is 2.19. The zero-order chi connectivity index (χ0) is 6.69. The molecule has 0 aliphatic carbocycles. The van der Waals surface area contributed by atoms with Crippen LogP contribution in [0.3, 0.4) is 0 Å². The van der Waals surface area contributed by atoms with Crippen LogP contribution in [-0.2, 0) is 4.79 Å². The lowest BCUT2D eigenvalue weighted by atomic mass is 10.2. The van der Waals surface area contributed by atoms with Gasteiger partial charge in [0.15, 0.2) is 0 Å². The van der Waals surface area contributed by atoms with E-state index in [9.17, 15) is 4.79 Å². The Morgan fingerprint density at radius 1 is 1.78 bits per heavy atom. The molecule has 0 aromatic heterocycles. The highest BCUT2D eigenvalue weighted by Gasteiger charge is 2.14. The first kappa shape index (κ1) is 6.67. The minimum Gasteiger partial charge on any atom is -0.305 e. The van der Waals surface area contributed by atoms with E-state index in [-0.39, 0.29) is 6.04 Å². The van der Waals surface area contributed by atoms with Crippen molar-refractivity contribution in [3.63, 3.8) is 0 Å². The lowest BCUT2D eigenvalue weighted by Crippen LogP contribution is -2.53. The summed E-state index contributed by atoms with van der Waals surface area (Å²) in [5, 5.41) is 4.66. The molecule has 3 N–H and O–H groups in total. The van der Waals surface area contributed by atoms with Crippen LogP contribution >= 0.6 is 0 Å². The van der Waals surface area contributed by atoms with Gasteiger partial charge < -0.3 is 10.1 Å². The molecule has 0 aromatic rings. The van der Waals surface area contributed by atoms with E-state index in [1.54, 1.807) is 5.01 Å². The molecule has 1 atom stereocenters. The van der Waals surface area contributed by atoms with Crippen LogP contribution in [0.5, 0.6) is 0 Å². The van der Waals surface area contributed by atoms with Gasteiger partial charge in [0.2, 0.25) is 0 Å². The van der Waals surface area contributed by atoms with E-state index in [1.165, 1.54) is 0 Å². The molecule has 0 aromatic carbocycles. The number of piperazine rings is 1. The minimum atomic E-state index is -0.0660. The number of carbonyl (C=O) groups is 1. The van der Waals surface area contributed by atoms with Crippen LogP contribution in [0.4, 0.5) is 0 Å². The van der Waals surface area contributed by atoms with E-state index < -0.39 is 0 Å². The number of carbonyl (C=O) groups excluding carboxylic acids is 1. The third-order valence-electron chi connectivity index (χ3n) is 1.40. The molecule has 9 heavy (non-hydrogen) atoms. The number of hydrazine groups is 1. The van der Waals surface area contributed by atoms with Crippen LogP contribution in [0.15, 0.2) is 0 Å². The van der Waals surface area contributed by atoms with Gasteiger partial charge in [-0.25, -0.2) is 5.01 Å². The van der Waals surface area contributed by atoms with Crippen molar-refractivity contribution in [3.05, 3.63) is 0 Å². The first-order valence-corrected chi connectivity index (χ1v) is 3.01. The monoisotopic (exact) mass is 129 g/mol. The largest absolute Gasteiger partial charge is 0.305 e. The quantitative estimate of drug-likeness (QED) is 0.328. The standard InChI is InChI=1S/C5H11N3O/c6-8-2-1-7-5(3-8)4-9/h4-5,7H,1-3,6H2. The van der Waals surface area contributed by atoms with Gasteiger partial charge in [0.05, 0.1) is 6.04 Å². The van der Waals surface area contributed by atoms with E-state index in [2.05, 4.69) is 5.32 Å². The maximum absolute atomic E-state index is 10.2. The van der Waals surface area contributed by atoms with Crippen molar-refractivity contribution in [2.24, 2.45) is 5.84 Å². The summed E-state index contributed by atoms with van der Waals surface area (Å²) in [5.74, 6) is 5.44. The maximum atomic E-state index is 10.2. The highest BCUT2D eigenvalue weighted by molar-refractivity contribution is 5.58. The van der Waals surface area contributed by atoms with Crippen molar-refractivity contribution in [3.8, 4) is 0 Å². The van der Waals surface area contributed by atoms with Crippen molar-refractivity contribution < 1.29 is 4.79 Å². The Balaban J connectivity index is 2.31. The molecule has 1 fully saturated rings. The average Bonchev–Trinajstić information content (AvgIpc) is 1.88. The summed E-state index contributed by atoms with van der Waals surface area (Å²) in [7, 11) is 0. The summed E-state index contributed by atoms with van der Waals surface area (Å²) in [6, 6.07) is -0.0660. The highest BCUT2D eigenvalue weighted by atomic mass is 16.1. The Hall–Kier alpha value is -0.450. The average molecular weight is 129 g/mol. The van der Waals surface area contributed by atoms with E-state index in [0.29, 0.717) is 6.54 Å². The van der Waals surface area contributed by atoms with Crippen LogP contribution in [-0.4, -0.2) is 37.0 Å². The summed E-state index contributed by atoms with van der Waals surface area (Å²) >= 11 is 0. The Kier molecular flexibility index (Phi) is 2.16. The smallest absolute Gasteiger partial charge is 0.138 e. The number of nitrogens with two attached hydrogens (primary N) is 1. The molecule has 4 heteroatoms. The summed E-state index contributed by atoms with van der Waals surface area (Å²) < 4.78 is 0. The number of nitrogens with zero attached hydrogens (tertiary/aromatic N) is 1. The van der Waals surface area contributed by atoms with Crippen LogP contribution in [0.2, 0.25) is 0 Å². The molecular weight excluding hydrogens is 118 g/mol. The molecule has 1 heterocycles. The molecule has 1 aliphatic heterocycles. The summed E-state index contributed by atoms with van der Waals surface area (Å²) in [6.07, 6.45) is 0.888. The van der Waals surface area contributed by atoms with Gasteiger partial charge in [0, 0.05) is 19.6 Å². The van der Waals surface area contributed by atoms with Gasteiger partial charge in [-0.1, -0.05) is 0 Å². The van der Waals surface area contributed by atoms with Gasteiger partial charge in [-0.2, -0.15) is 0 Å². The maximum Gasteiger partial charge on any atom is 0.138 e. The van der Waals surface area contributed by atoms with E-state index >= 15 is 0 Å². The van der Waals surface area contributed by atoms with E-state index in [4.69, 9.17) is 5.84 Å². The molecule has 1 aliphatic rings. The van der Waals surface area contributed by atoms with Crippen molar-refractivity contribution in [1.29, 1.82) is 0 Å². The molecule has 1 unspecified atom stereocenters. The molecular formula is C5H11N3O. The first-order valence-electron chi connectivity index (χ1n) is 3.01. The van der Waals surface area contributed by atoms with Gasteiger partial charge in [0.1, 0.15) is 6.29 Å². The lowest BCUT2D eigenvalue weighted by Gasteiger charge is -2.26. The molecule has 1 saturated heterocycles. The van der Waals surface area contributed by atoms with Crippen molar-refractivity contribution in [2.75, 3.05) is 19.6 Å². The molecule has 0 saturated carbocycles. The highest BCUT2D eigenvalue weighted by Crippen LogP contribution is 1.88. The fraction of sp³-hybridized carbons (Fsp3) is 0.800. The fourth-order valence-corrected chi connectivity index (χ4v) is 0.893. The number of hydrogen-bond acceptors (Lipinski definition) is 4. The van der Waals surface area contributed by atoms with Gasteiger partial charge in [0.25, 0.3) is 0 Å². The van der Waals surface area contributed by atoms with Crippen LogP contribution < -0.4 is 11.2 Å². The van der Waals surface area contributed by atoms with Gasteiger partial charge in [-0.3, -0.25) is 5.84 Å². The van der Waals surface area contributed by atoms with Gasteiger partial charge >= 0.3 is 0 Å². The molecule has 1 rings (SSSR count). The Bertz CT molecular complexity index is 106. The first-order chi connectivity index (χ1) is 4.33. The number of nitrogens with one attached hydrogen (secondary N) is 1. The second-order valence-corrected chi connectivity index (χ2v) is 2.19. The zero-order valence-corrected chi connectivity index (χ0v) is 5.21. The van der Waals surface area contributed by atoms with Crippen molar-refractivity contribution in [1.82, 2.24) is 10.3 Å². The van der Waals surface area contributed by atoms with Gasteiger partial charge in [-0.15, -0.1) is 0 Å². The number of rotatable bonds is 1. The lowest BCUT2D eigenvalue weighted by molar-refractivity contribution is -0.110. The number of hydrogen-bond donors (Lipinski definition) is 2. The van der Waals surface area contributed by atoms with Crippen LogP contribution in [0.25, 0.3) is 0 Å². The van der Waals surface area contributed by atoms with Crippen molar-refractivity contribution >= 4 is 6.29 Å².